The molecule has 32 valence electrons. The lowest BCUT2D eigenvalue weighted by atomic mass is 12.3. The maximum atomic E-state index is 7.74. The molecule has 0 rings (SSSR count). The summed E-state index contributed by atoms with van der Waals surface area (Å²) in [7, 11) is 0. The lowest BCUT2D eigenvalue weighted by molar-refractivity contribution is -0.140. The maximum Gasteiger partial charge on any atom is -0.0433 e. The summed E-state index contributed by atoms with van der Waals surface area (Å²) in [6, 6.07) is 0. The molecule has 0 aliphatic heterocycles. The van der Waals surface area contributed by atoms with Crippen molar-refractivity contribution in [2.45, 2.75) is 0 Å². The highest BCUT2D eigenvalue weighted by molar-refractivity contribution is 3.82. The average Bonchev–Trinajstić information content (AvgIpc) is 1.38. The molecule has 0 atom stereocenters. The number of rotatable bonds is 1. The number of nitrogens with two attached hydrogens (primary N) is 2. The van der Waals surface area contributed by atoms with Gasteiger partial charge in [0.15, 0.2) is 0 Å². The molecule has 5 nitrogen and oxygen atoms in total. The van der Waals surface area contributed by atoms with Crippen molar-refractivity contribution in [1.82, 2.24) is 10.8 Å². The Bertz CT molecular complexity index is 17.6. The van der Waals surface area contributed by atoms with Crippen LogP contribution < -0.4 is 17.2 Å². The Balaban J connectivity index is 2.54. The minimum Gasteiger partial charge on any atom is -0.284 e. The molecule has 0 radical (unpaired) electrons. The van der Waals surface area contributed by atoms with Crippen LogP contribution in [0, 0.1) is 0 Å². The molecule has 5 heavy (non-hydrogen) atoms. The smallest absolute Gasteiger partial charge is 0.0433 e. The van der Waals surface area contributed by atoms with Crippen LogP contribution in [0.3, 0.4) is 0 Å². The zero-order valence-corrected chi connectivity index (χ0v) is 2.55. The second-order valence-electron chi connectivity index (χ2n) is 0.474. The fraction of sp³-hybridized carbons (Fsp3) is 0. The standard InChI is InChI=1S/H6N4O/c1-3-4(2)5/h3,5H,1-2H2. The van der Waals surface area contributed by atoms with Crippen molar-refractivity contribution >= 4 is 0 Å². The van der Waals surface area contributed by atoms with E-state index < -0.39 is 0 Å². The molecule has 0 aliphatic rings. The van der Waals surface area contributed by atoms with Gasteiger partial charge < -0.3 is 0 Å². The predicted octanol–water partition coefficient (Wildman–Crippen LogP) is -2.07. The highest BCUT2D eigenvalue weighted by Gasteiger charge is 1.71. The normalized spacial score (nSPS) is 9.60. The number of nitrogens with zero attached hydrogens (tertiary/aromatic N) is 1. The minimum absolute atomic E-state index is 0.153. The molecule has 0 bridgehead atoms. The Morgan fingerprint density at radius 3 is 2.00 bits per heavy atom. The van der Waals surface area contributed by atoms with Crippen molar-refractivity contribution in [3.63, 3.8) is 0 Å². The monoisotopic (exact) mass is 78.1 g/mol. The van der Waals surface area contributed by atoms with Gasteiger partial charge >= 0.3 is 0 Å². The molecular formula is H6N4O. The van der Waals surface area contributed by atoms with Crippen molar-refractivity contribution in [1.29, 1.82) is 0 Å². The summed E-state index contributed by atoms with van der Waals surface area (Å²) in [5, 5.41) is 7.89. The SMILES string of the molecule is NNN(N)O. The summed E-state index contributed by atoms with van der Waals surface area (Å²) < 4.78 is 0. The highest BCUT2D eigenvalue weighted by atomic mass is 16.6. The van der Waals surface area contributed by atoms with Gasteiger partial charge in [0.25, 0.3) is 0 Å². The van der Waals surface area contributed by atoms with Gasteiger partial charge in [-0.05, 0) is 5.28 Å². The third kappa shape index (κ3) is 3.80. The molecule has 0 aromatic heterocycles. The van der Waals surface area contributed by atoms with E-state index in [2.05, 4.69) is 11.7 Å². The van der Waals surface area contributed by atoms with E-state index in [9.17, 15) is 0 Å². The molecule has 0 fully saturated rings. The number of hydrazine groups is 3. The summed E-state index contributed by atoms with van der Waals surface area (Å²) in [5.74, 6) is 8.92. The lowest BCUT2D eigenvalue weighted by Gasteiger charge is -1.99. The second kappa shape index (κ2) is 2.06. The van der Waals surface area contributed by atoms with Crippen LogP contribution in [0.4, 0.5) is 0 Å². The van der Waals surface area contributed by atoms with Crippen LogP contribution in [-0.4, -0.2) is 10.5 Å². The van der Waals surface area contributed by atoms with Crippen molar-refractivity contribution in [3.05, 3.63) is 0 Å². The summed E-state index contributed by atoms with van der Waals surface area (Å²) in [4.78, 5) is 0. The predicted molar refractivity (Wildman–Crippen MR) is 15.1 cm³/mol. The Labute approximate surface area is 29.0 Å². The third-order valence-corrected chi connectivity index (χ3v) is 0.132. The van der Waals surface area contributed by atoms with Crippen LogP contribution in [0.15, 0.2) is 0 Å². The topological polar surface area (TPSA) is 87.5 Å². The molecule has 0 spiro atoms. The summed E-state index contributed by atoms with van der Waals surface area (Å²) >= 11 is 0. The van der Waals surface area contributed by atoms with E-state index in [1.165, 1.54) is 0 Å². The molecule has 5 heteroatoms. The van der Waals surface area contributed by atoms with E-state index in [0.717, 1.165) is 0 Å². The quantitative estimate of drug-likeness (QED) is 0.214. The lowest BCUT2D eigenvalue weighted by Crippen LogP contribution is -2.45. The zero-order valence-electron chi connectivity index (χ0n) is 2.55. The van der Waals surface area contributed by atoms with Gasteiger partial charge in [-0.25, -0.2) is 5.84 Å². The van der Waals surface area contributed by atoms with Gasteiger partial charge in [-0.3, -0.25) is 11.0 Å². The van der Waals surface area contributed by atoms with E-state index >= 15 is 0 Å². The largest absolute Gasteiger partial charge is 0.284 e. The first kappa shape index (κ1) is 4.80. The van der Waals surface area contributed by atoms with Crippen LogP contribution in [-0.2, 0) is 0 Å². The number of hydrogen-bond donors (Lipinski definition) is 4. The first-order chi connectivity index (χ1) is 2.27. The van der Waals surface area contributed by atoms with Crippen LogP contribution >= 0.6 is 0 Å². The molecule has 0 aliphatic carbocycles. The molecule has 0 aromatic rings. The van der Waals surface area contributed by atoms with Crippen LogP contribution in [0.25, 0.3) is 0 Å². The first-order valence-electron chi connectivity index (χ1n) is 0.970. The molecule has 0 aromatic carbocycles. The minimum atomic E-state index is 0.153. The fourth-order valence-corrected chi connectivity index (χ4v) is 0. The molecule has 0 heterocycles. The van der Waals surface area contributed by atoms with Gasteiger partial charge in [0, 0.05) is 0 Å². The maximum absolute atomic E-state index is 7.74. The van der Waals surface area contributed by atoms with Gasteiger partial charge in [0.2, 0.25) is 0 Å². The second-order valence-corrected chi connectivity index (χ2v) is 0.474. The van der Waals surface area contributed by atoms with Crippen molar-refractivity contribution in [2.24, 2.45) is 11.7 Å². The van der Waals surface area contributed by atoms with Crippen LogP contribution in [0.2, 0.25) is 0 Å². The Hall–Kier alpha value is -0.200. The zero-order chi connectivity index (χ0) is 4.28. The van der Waals surface area contributed by atoms with E-state index in [1.54, 1.807) is 5.53 Å². The Morgan fingerprint density at radius 2 is 2.00 bits per heavy atom. The highest BCUT2D eigenvalue weighted by Crippen LogP contribution is 1.34. The average molecular weight is 78.1 g/mol. The molecule has 6 N–H and O–H groups in total. The van der Waals surface area contributed by atoms with E-state index in [1.807, 2.05) is 0 Å². The summed E-state index contributed by atoms with van der Waals surface area (Å²) in [5.41, 5.74) is 1.69. The van der Waals surface area contributed by atoms with E-state index in [4.69, 9.17) is 5.21 Å². The van der Waals surface area contributed by atoms with Crippen molar-refractivity contribution in [3.8, 4) is 0 Å². The molecule has 0 unspecified atom stereocenters. The van der Waals surface area contributed by atoms with Crippen LogP contribution in [0.5, 0.6) is 0 Å². The van der Waals surface area contributed by atoms with Crippen LogP contribution in [0.1, 0.15) is 0 Å². The summed E-state index contributed by atoms with van der Waals surface area (Å²) in [6.45, 7) is 0. The third-order valence-electron chi connectivity index (χ3n) is 0.132. The fourth-order valence-electron chi connectivity index (χ4n) is 0. The Morgan fingerprint density at radius 1 is 1.80 bits per heavy atom. The van der Waals surface area contributed by atoms with Gasteiger partial charge in [0.1, 0.15) is 0 Å². The van der Waals surface area contributed by atoms with Gasteiger partial charge in [-0.1, -0.05) is 0 Å². The van der Waals surface area contributed by atoms with Gasteiger partial charge in [-0.2, -0.15) is 5.53 Å². The van der Waals surface area contributed by atoms with E-state index in [0.29, 0.717) is 0 Å². The summed E-state index contributed by atoms with van der Waals surface area (Å²) in [6.07, 6.45) is 0. The Kier molecular flexibility index (Phi) is 1.98. The van der Waals surface area contributed by atoms with Gasteiger partial charge in [0.05, 0.1) is 0 Å². The molecule has 0 saturated heterocycles. The van der Waals surface area contributed by atoms with Crippen molar-refractivity contribution in [2.75, 3.05) is 0 Å². The molecular weight excluding hydrogens is 72.0 g/mol. The molecule has 0 amide bonds. The number of hydrogen-bond acceptors (Lipinski definition) is 5. The van der Waals surface area contributed by atoms with E-state index in [-0.39, 0.29) is 5.28 Å². The first-order valence-corrected chi connectivity index (χ1v) is 0.970. The number of nitrogens with one attached hydrogen (secondary N) is 1. The van der Waals surface area contributed by atoms with Crippen molar-refractivity contribution < 1.29 is 5.21 Å². The molecule has 0 saturated carbocycles. The van der Waals surface area contributed by atoms with Gasteiger partial charge in [-0.15, -0.1) is 0 Å².